The van der Waals surface area contributed by atoms with Crippen LogP contribution in [-0.4, -0.2) is 38.8 Å². The van der Waals surface area contributed by atoms with Gasteiger partial charge in [-0.05, 0) is 46.1 Å². The molecule has 1 atom stereocenters. The summed E-state index contributed by atoms with van der Waals surface area (Å²) in [4.78, 5) is 2.58. The minimum Gasteiger partial charge on any atom is -0.315 e. The molecule has 2 aliphatic rings. The standard InChI is InChI=1S/C14H24N4/c1-11(2)17-8-5-6-12(10-17)14-16-15-13-7-3-4-9-18(13)14/h11-12H,3-10H2,1-2H3. The Kier molecular flexibility index (Phi) is 3.37. The van der Waals surface area contributed by atoms with Crippen LogP contribution in [0.25, 0.3) is 0 Å². The highest BCUT2D eigenvalue weighted by atomic mass is 15.3. The number of rotatable bonds is 2. The van der Waals surface area contributed by atoms with Crippen LogP contribution in [0.4, 0.5) is 0 Å². The van der Waals surface area contributed by atoms with Crippen molar-refractivity contribution in [1.29, 1.82) is 0 Å². The van der Waals surface area contributed by atoms with Crippen LogP contribution in [0.3, 0.4) is 0 Å². The topological polar surface area (TPSA) is 34.0 Å². The molecule has 1 aromatic heterocycles. The Bertz CT molecular complexity index is 410. The van der Waals surface area contributed by atoms with Gasteiger partial charge in [-0.3, -0.25) is 0 Å². The van der Waals surface area contributed by atoms with Crippen molar-refractivity contribution in [2.24, 2.45) is 0 Å². The van der Waals surface area contributed by atoms with E-state index in [-0.39, 0.29) is 0 Å². The third-order valence-electron chi connectivity index (χ3n) is 4.44. The summed E-state index contributed by atoms with van der Waals surface area (Å²) in [5.41, 5.74) is 0. The van der Waals surface area contributed by atoms with E-state index in [1.807, 2.05) is 0 Å². The first kappa shape index (κ1) is 12.2. The average Bonchev–Trinajstić information content (AvgIpc) is 2.82. The minimum atomic E-state index is 0.598. The lowest BCUT2D eigenvalue weighted by molar-refractivity contribution is 0.163. The highest BCUT2D eigenvalue weighted by Gasteiger charge is 2.28. The molecule has 1 fully saturated rings. The summed E-state index contributed by atoms with van der Waals surface area (Å²) >= 11 is 0. The van der Waals surface area contributed by atoms with Crippen molar-refractivity contribution in [3.05, 3.63) is 11.6 Å². The first-order chi connectivity index (χ1) is 8.75. The number of aromatic nitrogens is 3. The number of likely N-dealkylation sites (tertiary alicyclic amines) is 1. The van der Waals surface area contributed by atoms with E-state index < -0.39 is 0 Å². The molecular weight excluding hydrogens is 224 g/mol. The molecule has 3 heterocycles. The van der Waals surface area contributed by atoms with Crippen LogP contribution in [0, 0.1) is 0 Å². The van der Waals surface area contributed by atoms with Gasteiger partial charge in [-0.25, -0.2) is 0 Å². The average molecular weight is 248 g/mol. The van der Waals surface area contributed by atoms with Crippen LogP contribution in [0.1, 0.15) is 57.1 Å². The van der Waals surface area contributed by atoms with Gasteiger partial charge in [-0.1, -0.05) is 0 Å². The van der Waals surface area contributed by atoms with Crippen LogP contribution >= 0.6 is 0 Å². The number of fused-ring (bicyclic) bond motifs is 1. The number of hydrogen-bond donors (Lipinski definition) is 0. The first-order valence-corrected chi connectivity index (χ1v) is 7.41. The van der Waals surface area contributed by atoms with E-state index in [0.717, 1.165) is 19.5 Å². The molecule has 0 radical (unpaired) electrons. The van der Waals surface area contributed by atoms with Gasteiger partial charge in [0.05, 0.1) is 0 Å². The Labute approximate surface area is 109 Å². The molecule has 0 amide bonds. The third-order valence-corrected chi connectivity index (χ3v) is 4.44. The van der Waals surface area contributed by atoms with Gasteiger partial charge in [-0.15, -0.1) is 10.2 Å². The fourth-order valence-corrected chi connectivity index (χ4v) is 3.32. The van der Waals surface area contributed by atoms with Crippen molar-refractivity contribution in [3.63, 3.8) is 0 Å². The fourth-order valence-electron chi connectivity index (χ4n) is 3.32. The number of hydrogen-bond acceptors (Lipinski definition) is 3. The molecule has 0 saturated carbocycles. The van der Waals surface area contributed by atoms with E-state index in [9.17, 15) is 0 Å². The number of nitrogens with zero attached hydrogens (tertiary/aromatic N) is 4. The van der Waals surface area contributed by atoms with Gasteiger partial charge in [0, 0.05) is 31.5 Å². The van der Waals surface area contributed by atoms with Crippen molar-refractivity contribution in [3.8, 4) is 0 Å². The molecule has 18 heavy (non-hydrogen) atoms. The maximum atomic E-state index is 4.50. The largest absolute Gasteiger partial charge is 0.315 e. The molecule has 1 saturated heterocycles. The molecule has 1 aromatic rings. The highest BCUT2D eigenvalue weighted by Crippen LogP contribution is 2.28. The molecule has 0 spiro atoms. The molecule has 100 valence electrons. The predicted molar refractivity (Wildman–Crippen MR) is 71.6 cm³/mol. The molecule has 0 aromatic carbocycles. The maximum Gasteiger partial charge on any atom is 0.137 e. The van der Waals surface area contributed by atoms with Crippen LogP contribution in [0.2, 0.25) is 0 Å². The summed E-state index contributed by atoms with van der Waals surface area (Å²) in [6, 6.07) is 0.650. The minimum absolute atomic E-state index is 0.598. The van der Waals surface area contributed by atoms with Crippen molar-refractivity contribution >= 4 is 0 Å². The fraction of sp³-hybridized carbons (Fsp3) is 0.857. The normalized spacial score (nSPS) is 25.4. The second-order valence-corrected chi connectivity index (χ2v) is 6.01. The van der Waals surface area contributed by atoms with Gasteiger partial charge in [0.15, 0.2) is 0 Å². The first-order valence-electron chi connectivity index (χ1n) is 7.41. The van der Waals surface area contributed by atoms with Crippen molar-refractivity contribution in [1.82, 2.24) is 19.7 Å². The monoisotopic (exact) mass is 248 g/mol. The van der Waals surface area contributed by atoms with E-state index >= 15 is 0 Å². The van der Waals surface area contributed by atoms with Crippen molar-refractivity contribution in [2.75, 3.05) is 13.1 Å². The van der Waals surface area contributed by atoms with Crippen molar-refractivity contribution < 1.29 is 0 Å². The van der Waals surface area contributed by atoms with Gasteiger partial charge in [-0.2, -0.15) is 0 Å². The Morgan fingerprint density at radius 2 is 2.00 bits per heavy atom. The van der Waals surface area contributed by atoms with Crippen LogP contribution < -0.4 is 0 Å². The Morgan fingerprint density at radius 3 is 2.83 bits per heavy atom. The van der Waals surface area contributed by atoms with Crippen LogP contribution in [0.5, 0.6) is 0 Å². The maximum absolute atomic E-state index is 4.50. The number of piperidine rings is 1. The SMILES string of the molecule is CC(C)N1CCCC(c2nnc3n2CCCC3)C1. The van der Waals surface area contributed by atoms with Gasteiger partial charge in [0.25, 0.3) is 0 Å². The summed E-state index contributed by atoms with van der Waals surface area (Å²) in [6.45, 7) is 8.13. The summed E-state index contributed by atoms with van der Waals surface area (Å²) in [5, 5.41) is 8.90. The van der Waals surface area contributed by atoms with E-state index in [1.54, 1.807) is 0 Å². The molecule has 2 aliphatic heterocycles. The van der Waals surface area contributed by atoms with Gasteiger partial charge >= 0.3 is 0 Å². The third kappa shape index (κ3) is 2.18. The summed E-state index contributed by atoms with van der Waals surface area (Å²) in [6.07, 6.45) is 6.26. The van der Waals surface area contributed by atoms with E-state index in [1.165, 1.54) is 43.9 Å². The van der Waals surface area contributed by atoms with Gasteiger partial charge < -0.3 is 9.47 Å². The highest BCUT2D eigenvalue weighted by molar-refractivity contribution is 5.06. The van der Waals surface area contributed by atoms with E-state index in [0.29, 0.717) is 12.0 Å². The molecule has 0 aliphatic carbocycles. The molecular formula is C14H24N4. The Hall–Kier alpha value is -0.900. The molecule has 4 heteroatoms. The summed E-state index contributed by atoms with van der Waals surface area (Å²) in [7, 11) is 0. The zero-order chi connectivity index (χ0) is 12.5. The van der Waals surface area contributed by atoms with Crippen LogP contribution in [0.15, 0.2) is 0 Å². The Balaban J connectivity index is 1.79. The summed E-state index contributed by atoms with van der Waals surface area (Å²) in [5.74, 6) is 3.08. The number of aryl methyl sites for hydroxylation is 1. The summed E-state index contributed by atoms with van der Waals surface area (Å²) < 4.78 is 2.40. The zero-order valence-electron chi connectivity index (χ0n) is 11.6. The molecule has 3 rings (SSSR count). The van der Waals surface area contributed by atoms with E-state index in [2.05, 4.69) is 33.5 Å². The van der Waals surface area contributed by atoms with E-state index in [4.69, 9.17) is 0 Å². The zero-order valence-corrected chi connectivity index (χ0v) is 11.6. The van der Waals surface area contributed by atoms with Crippen LogP contribution in [-0.2, 0) is 13.0 Å². The molecule has 4 nitrogen and oxygen atoms in total. The second kappa shape index (κ2) is 5.00. The smallest absolute Gasteiger partial charge is 0.137 e. The molecule has 0 bridgehead atoms. The Morgan fingerprint density at radius 1 is 1.11 bits per heavy atom. The lowest BCUT2D eigenvalue weighted by Crippen LogP contribution is -2.39. The predicted octanol–water partition coefficient (Wildman–Crippen LogP) is 2.20. The van der Waals surface area contributed by atoms with Gasteiger partial charge in [0.2, 0.25) is 0 Å². The van der Waals surface area contributed by atoms with Gasteiger partial charge in [0.1, 0.15) is 11.6 Å². The second-order valence-electron chi connectivity index (χ2n) is 6.01. The molecule has 0 N–H and O–H groups in total. The van der Waals surface area contributed by atoms with Crippen molar-refractivity contribution in [2.45, 2.75) is 64.5 Å². The lowest BCUT2D eigenvalue weighted by Gasteiger charge is -2.35. The quantitative estimate of drug-likeness (QED) is 0.804. The molecule has 1 unspecified atom stereocenters. The lowest BCUT2D eigenvalue weighted by atomic mass is 9.96.